The Morgan fingerprint density at radius 2 is 1.77 bits per heavy atom. The number of ether oxygens (including phenoxy) is 4. The molecule has 0 radical (unpaired) electrons. The van der Waals surface area contributed by atoms with Crippen LogP contribution in [0.2, 0.25) is 5.02 Å². The summed E-state index contributed by atoms with van der Waals surface area (Å²) >= 11 is 7.39. The lowest BCUT2D eigenvalue weighted by Crippen LogP contribution is -2.15. The standard InChI is InChI=1S/C22H19ClO7S/c1-3-28-18(24)12-29-19-15-9-16(23)14(10-17(15)31-20(19)22(26)27-2)21(25)30-11-13-7-5-4-6-8-13/h4-10H,3,11-12H2,1-2H3. The second kappa shape index (κ2) is 10.3. The molecule has 0 saturated carbocycles. The van der Waals surface area contributed by atoms with E-state index in [1.165, 1.54) is 19.2 Å². The monoisotopic (exact) mass is 462 g/mol. The average molecular weight is 463 g/mol. The third-order valence-corrected chi connectivity index (χ3v) is 5.60. The van der Waals surface area contributed by atoms with Crippen LogP contribution in [0.1, 0.15) is 32.5 Å². The van der Waals surface area contributed by atoms with Crippen LogP contribution in [0.25, 0.3) is 10.1 Å². The third-order valence-electron chi connectivity index (χ3n) is 4.18. The molecule has 1 aromatic heterocycles. The molecule has 9 heteroatoms. The van der Waals surface area contributed by atoms with Crippen LogP contribution in [-0.2, 0) is 25.6 Å². The Balaban J connectivity index is 1.90. The Bertz CT molecular complexity index is 1110. The summed E-state index contributed by atoms with van der Waals surface area (Å²) in [6.07, 6.45) is 0. The highest BCUT2D eigenvalue weighted by molar-refractivity contribution is 7.21. The molecular weight excluding hydrogens is 444 g/mol. The van der Waals surface area contributed by atoms with Gasteiger partial charge in [-0.3, -0.25) is 0 Å². The van der Waals surface area contributed by atoms with Crippen molar-refractivity contribution >= 4 is 50.9 Å². The summed E-state index contributed by atoms with van der Waals surface area (Å²) in [6, 6.07) is 12.3. The maximum absolute atomic E-state index is 12.6. The molecule has 1 heterocycles. The lowest BCUT2D eigenvalue weighted by Gasteiger charge is -2.08. The van der Waals surface area contributed by atoms with Gasteiger partial charge in [-0.05, 0) is 24.6 Å². The first kappa shape index (κ1) is 22.6. The molecule has 0 unspecified atom stereocenters. The van der Waals surface area contributed by atoms with Crippen molar-refractivity contribution in [3.05, 3.63) is 63.5 Å². The fourth-order valence-electron chi connectivity index (χ4n) is 2.76. The normalized spacial score (nSPS) is 10.5. The van der Waals surface area contributed by atoms with Crippen LogP contribution in [0.15, 0.2) is 42.5 Å². The van der Waals surface area contributed by atoms with Gasteiger partial charge in [0.1, 0.15) is 6.61 Å². The molecule has 3 aromatic rings. The van der Waals surface area contributed by atoms with E-state index in [1.54, 1.807) is 6.92 Å². The number of methoxy groups -OCH3 is 1. The maximum Gasteiger partial charge on any atom is 0.351 e. The minimum Gasteiger partial charge on any atom is -0.479 e. The summed E-state index contributed by atoms with van der Waals surface area (Å²) in [5.41, 5.74) is 0.992. The predicted octanol–water partition coefficient (Wildman–Crippen LogP) is 4.64. The number of rotatable bonds is 8. The zero-order chi connectivity index (χ0) is 22.4. The van der Waals surface area contributed by atoms with E-state index < -0.39 is 17.9 Å². The Labute approximate surface area is 187 Å². The number of carbonyl (C=O) groups is 3. The zero-order valence-corrected chi connectivity index (χ0v) is 18.4. The van der Waals surface area contributed by atoms with E-state index in [2.05, 4.69) is 0 Å². The highest BCUT2D eigenvalue weighted by Gasteiger charge is 2.24. The highest BCUT2D eigenvalue weighted by Crippen LogP contribution is 2.41. The molecule has 0 spiro atoms. The number of thiophene rings is 1. The Hall–Kier alpha value is -3.10. The molecule has 0 fully saturated rings. The Morgan fingerprint density at radius 1 is 1.03 bits per heavy atom. The van der Waals surface area contributed by atoms with E-state index >= 15 is 0 Å². The number of fused-ring (bicyclic) bond motifs is 1. The molecular formula is C22H19ClO7S. The van der Waals surface area contributed by atoms with Gasteiger partial charge >= 0.3 is 17.9 Å². The maximum atomic E-state index is 12.6. The van der Waals surface area contributed by atoms with E-state index in [1.807, 2.05) is 30.3 Å². The smallest absolute Gasteiger partial charge is 0.351 e. The quantitative estimate of drug-likeness (QED) is 0.356. The van der Waals surface area contributed by atoms with Gasteiger partial charge in [0.25, 0.3) is 0 Å². The average Bonchev–Trinajstić information content (AvgIpc) is 3.13. The lowest BCUT2D eigenvalue weighted by molar-refractivity contribution is -0.145. The number of halogens is 1. The molecule has 0 aliphatic rings. The van der Waals surface area contributed by atoms with Crippen molar-refractivity contribution < 1.29 is 33.3 Å². The van der Waals surface area contributed by atoms with Gasteiger partial charge in [-0.25, -0.2) is 14.4 Å². The van der Waals surface area contributed by atoms with Gasteiger partial charge in [-0.2, -0.15) is 0 Å². The summed E-state index contributed by atoms with van der Waals surface area (Å²) in [5, 5.41) is 0.597. The van der Waals surface area contributed by atoms with Crippen molar-refractivity contribution in [2.24, 2.45) is 0 Å². The first-order chi connectivity index (χ1) is 14.9. The molecule has 0 aliphatic heterocycles. The fourth-order valence-corrected chi connectivity index (χ4v) is 4.08. The first-order valence-corrected chi connectivity index (χ1v) is 10.5. The molecule has 0 saturated heterocycles. The van der Waals surface area contributed by atoms with E-state index in [-0.39, 0.29) is 41.0 Å². The van der Waals surface area contributed by atoms with Gasteiger partial charge in [0.2, 0.25) is 0 Å². The van der Waals surface area contributed by atoms with E-state index in [0.29, 0.717) is 10.1 Å². The molecule has 0 aliphatic carbocycles. The summed E-state index contributed by atoms with van der Waals surface area (Å²) < 4.78 is 21.1. The van der Waals surface area contributed by atoms with Crippen LogP contribution < -0.4 is 4.74 Å². The topological polar surface area (TPSA) is 88.1 Å². The van der Waals surface area contributed by atoms with Gasteiger partial charge in [-0.1, -0.05) is 41.9 Å². The number of esters is 3. The van der Waals surface area contributed by atoms with Crippen LogP contribution in [0.4, 0.5) is 0 Å². The van der Waals surface area contributed by atoms with Gasteiger partial charge in [0, 0.05) is 10.1 Å². The van der Waals surface area contributed by atoms with Crippen molar-refractivity contribution in [2.75, 3.05) is 20.3 Å². The van der Waals surface area contributed by atoms with E-state index in [9.17, 15) is 14.4 Å². The van der Waals surface area contributed by atoms with Gasteiger partial charge in [0.05, 0.1) is 24.3 Å². The van der Waals surface area contributed by atoms with E-state index in [0.717, 1.165) is 16.9 Å². The summed E-state index contributed by atoms with van der Waals surface area (Å²) in [4.78, 5) is 36.6. The summed E-state index contributed by atoms with van der Waals surface area (Å²) in [5.74, 6) is -1.67. The second-order valence-corrected chi connectivity index (χ2v) is 7.69. The third kappa shape index (κ3) is 5.34. The minimum atomic E-state index is -0.635. The SMILES string of the molecule is CCOC(=O)COc1c(C(=O)OC)sc2cc(C(=O)OCc3ccccc3)c(Cl)cc12. The second-order valence-electron chi connectivity index (χ2n) is 6.24. The van der Waals surface area contributed by atoms with Crippen molar-refractivity contribution in [1.82, 2.24) is 0 Å². The van der Waals surface area contributed by atoms with Crippen molar-refractivity contribution in [1.29, 1.82) is 0 Å². The number of hydrogen-bond acceptors (Lipinski definition) is 8. The molecule has 2 aromatic carbocycles. The summed E-state index contributed by atoms with van der Waals surface area (Å²) in [7, 11) is 1.24. The summed E-state index contributed by atoms with van der Waals surface area (Å²) in [6.45, 7) is 1.59. The molecule has 0 atom stereocenters. The van der Waals surface area contributed by atoms with Crippen molar-refractivity contribution in [3.63, 3.8) is 0 Å². The number of benzene rings is 2. The van der Waals surface area contributed by atoms with Crippen LogP contribution in [-0.4, -0.2) is 38.2 Å². The van der Waals surface area contributed by atoms with Gasteiger partial charge in [0.15, 0.2) is 17.2 Å². The highest BCUT2D eigenvalue weighted by atomic mass is 35.5. The predicted molar refractivity (Wildman–Crippen MR) is 116 cm³/mol. The fraction of sp³-hybridized carbons (Fsp3) is 0.227. The molecule has 0 bridgehead atoms. The Kier molecular flexibility index (Phi) is 7.49. The molecule has 162 valence electrons. The Morgan fingerprint density at radius 3 is 2.45 bits per heavy atom. The van der Waals surface area contributed by atoms with Gasteiger partial charge < -0.3 is 18.9 Å². The first-order valence-electron chi connectivity index (χ1n) is 9.28. The van der Waals surface area contributed by atoms with Crippen LogP contribution in [0.3, 0.4) is 0 Å². The lowest BCUT2D eigenvalue weighted by atomic mass is 10.1. The number of carbonyl (C=O) groups excluding carboxylic acids is 3. The van der Waals surface area contributed by atoms with Gasteiger partial charge in [-0.15, -0.1) is 11.3 Å². The zero-order valence-electron chi connectivity index (χ0n) is 16.8. The minimum absolute atomic E-state index is 0.0970. The van der Waals surface area contributed by atoms with Crippen LogP contribution in [0.5, 0.6) is 5.75 Å². The largest absolute Gasteiger partial charge is 0.479 e. The van der Waals surface area contributed by atoms with Crippen molar-refractivity contribution in [2.45, 2.75) is 13.5 Å². The molecule has 3 rings (SSSR count). The van der Waals surface area contributed by atoms with Crippen molar-refractivity contribution in [3.8, 4) is 5.75 Å². The molecule has 0 amide bonds. The number of hydrogen-bond donors (Lipinski definition) is 0. The molecule has 7 nitrogen and oxygen atoms in total. The van der Waals surface area contributed by atoms with Crippen LogP contribution in [0, 0.1) is 0 Å². The van der Waals surface area contributed by atoms with Crippen LogP contribution >= 0.6 is 22.9 Å². The molecule has 31 heavy (non-hydrogen) atoms. The van der Waals surface area contributed by atoms with E-state index in [4.69, 9.17) is 30.5 Å². The molecule has 0 N–H and O–H groups in total.